The molecule has 1 aliphatic rings. The number of aromatic amines is 1. The largest absolute Gasteiger partial charge is 0.340 e. The van der Waals surface area contributed by atoms with Gasteiger partial charge in [-0.2, -0.15) is 0 Å². The molecule has 1 aromatic carbocycles. The first kappa shape index (κ1) is 14.5. The lowest BCUT2D eigenvalue weighted by Crippen LogP contribution is -2.30. The average molecular weight is 325 g/mol. The molecule has 1 aliphatic heterocycles. The van der Waals surface area contributed by atoms with Crippen molar-refractivity contribution >= 4 is 28.3 Å². The van der Waals surface area contributed by atoms with Crippen LogP contribution in [0.25, 0.3) is 11.0 Å². The monoisotopic (exact) mass is 325 g/mol. The molecule has 1 fully saturated rings. The molecule has 0 spiro atoms. The van der Waals surface area contributed by atoms with Crippen molar-refractivity contribution < 1.29 is 4.79 Å². The molecule has 1 atom stereocenters. The highest BCUT2D eigenvalue weighted by atomic mass is 32.1. The number of carbonyl (C=O) groups excluding carboxylic acids is 1. The number of hydrogen-bond acceptors (Lipinski definition) is 3. The number of rotatable bonds is 2. The molecule has 1 amide bonds. The second-order valence-electron chi connectivity index (χ2n) is 6.25. The van der Waals surface area contributed by atoms with E-state index < -0.39 is 0 Å². The molecule has 0 saturated carbocycles. The molecule has 4 rings (SSSR count). The fourth-order valence-corrected chi connectivity index (χ4v) is 3.99. The van der Waals surface area contributed by atoms with E-state index in [1.807, 2.05) is 29.3 Å². The number of aromatic nitrogens is 2. The Morgan fingerprint density at radius 1 is 1.35 bits per heavy atom. The Bertz CT molecular complexity index is 879. The van der Waals surface area contributed by atoms with Gasteiger partial charge in [0.1, 0.15) is 5.82 Å². The van der Waals surface area contributed by atoms with Crippen LogP contribution in [-0.2, 0) is 0 Å². The van der Waals surface area contributed by atoms with Crippen molar-refractivity contribution in [2.24, 2.45) is 0 Å². The molecule has 23 heavy (non-hydrogen) atoms. The van der Waals surface area contributed by atoms with E-state index in [0.29, 0.717) is 0 Å². The van der Waals surface area contributed by atoms with Gasteiger partial charge in [-0.25, -0.2) is 4.98 Å². The summed E-state index contributed by atoms with van der Waals surface area (Å²) in [6.07, 6.45) is 1.99. The molecule has 0 bridgehead atoms. The van der Waals surface area contributed by atoms with Crippen LogP contribution in [0.15, 0.2) is 29.6 Å². The third-order valence-corrected chi connectivity index (χ3v) is 5.32. The number of thiophene rings is 1. The van der Waals surface area contributed by atoms with Gasteiger partial charge < -0.3 is 9.88 Å². The van der Waals surface area contributed by atoms with E-state index >= 15 is 0 Å². The highest BCUT2D eigenvalue weighted by Gasteiger charge is 2.32. The van der Waals surface area contributed by atoms with Gasteiger partial charge in [0, 0.05) is 16.8 Å². The maximum atomic E-state index is 12.8. The zero-order chi connectivity index (χ0) is 16.0. The quantitative estimate of drug-likeness (QED) is 0.767. The molecule has 1 N–H and O–H groups in total. The van der Waals surface area contributed by atoms with Crippen molar-refractivity contribution in [2.45, 2.75) is 32.7 Å². The SMILES string of the molecule is Cc1ccc2nc(C3CCCN3C(=O)c3csc(C)c3)[nH]c2c1. The number of hydrogen-bond donors (Lipinski definition) is 1. The van der Waals surface area contributed by atoms with Crippen molar-refractivity contribution in [3.8, 4) is 0 Å². The van der Waals surface area contributed by atoms with Crippen LogP contribution in [0.4, 0.5) is 0 Å². The number of imidazole rings is 1. The minimum Gasteiger partial charge on any atom is -0.340 e. The van der Waals surface area contributed by atoms with Gasteiger partial charge in [0.2, 0.25) is 0 Å². The Balaban J connectivity index is 1.67. The molecule has 3 aromatic rings. The van der Waals surface area contributed by atoms with Gasteiger partial charge in [0.15, 0.2) is 0 Å². The summed E-state index contributed by atoms with van der Waals surface area (Å²) >= 11 is 1.62. The smallest absolute Gasteiger partial charge is 0.255 e. The molecule has 118 valence electrons. The first-order valence-corrected chi connectivity index (χ1v) is 8.82. The molecule has 5 heteroatoms. The molecule has 1 unspecified atom stereocenters. The zero-order valence-electron chi connectivity index (χ0n) is 13.3. The van der Waals surface area contributed by atoms with E-state index in [1.54, 1.807) is 11.3 Å². The second-order valence-corrected chi connectivity index (χ2v) is 7.36. The van der Waals surface area contributed by atoms with E-state index in [2.05, 4.69) is 24.0 Å². The predicted molar refractivity (Wildman–Crippen MR) is 92.9 cm³/mol. The average Bonchev–Trinajstić information content (AvgIpc) is 3.23. The second kappa shape index (κ2) is 5.49. The lowest BCUT2D eigenvalue weighted by Gasteiger charge is -2.22. The first-order valence-electron chi connectivity index (χ1n) is 7.94. The van der Waals surface area contributed by atoms with Crippen LogP contribution in [0.2, 0.25) is 0 Å². The van der Waals surface area contributed by atoms with Gasteiger partial charge in [-0.15, -0.1) is 11.3 Å². The van der Waals surface area contributed by atoms with Crippen LogP contribution < -0.4 is 0 Å². The Hall–Kier alpha value is -2.14. The van der Waals surface area contributed by atoms with Crippen LogP contribution in [-0.4, -0.2) is 27.3 Å². The Morgan fingerprint density at radius 2 is 2.22 bits per heavy atom. The Morgan fingerprint density at radius 3 is 3.00 bits per heavy atom. The fourth-order valence-electron chi connectivity index (χ4n) is 3.32. The van der Waals surface area contributed by atoms with E-state index in [0.717, 1.165) is 41.8 Å². The number of aryl methyl sites for hydroxylation is 2. The molecular formula is C18H19N3OS. The van der Waals surface area contributed by atoms with E-state index in [1.165, 1.54) is 10.4 Å². The first-order chi connectivity index (χ1) is 11.1. The highest BCUT2D eigenvalue weighted by molar-refractivity contribution is 7.10. The van der Waals surface area contributed by atoms with Crippen LogP contribution in [0.5, 0.6) is 0 Å². The van der Waals surface area contributed by atoms with Gasteiger partial charge in [0.25, 0.3) is 5.91 Å². The summed E-state index contributed by atoms with van der Waals surface area (Å²) in [5.41, 5.74) is 4.02. The maximum absolute atomic E-state index is 12.8. The third kappa shape index (κ3) is 2.55. The molecule has 3 heterocycles. The number of H-pyrrole nitrogens is 1. The standard InChI is InChI=1S/C18H19N3OS/c1-11-5-6-14-15(8-11)20-17(19-14)16-4-3-7-21(16)18(22)13-9-12(2)23-10-13/h5-6,8-10,16H,3-4,7H2,1-2H3,(H,19,20). The number of amides is 1. The van der Waals surface area contributed by atoms with Gasteiger partial charge >= 0.3 is 0 Å². The number of nitrogens with one attached hydrogen (secondary N) is 1. The third-order valence-electron chi connectivity index (χ3n) is 4.46. The fraction of sp³-hybridized carbons (Fsp3) is 0.333. The molecule has 4 nitrogen and oxygen atoms in total. The minimum atomic E-state index is 0.0513. The van der Waals surface area contributed by atoms with Crippen LogP contribution in [0.1, 0.15) is 45.5 Å². The van der Waals surface area contributed by atoms with Gasteiger partial charge in [-0.05, 0) is 50.5 Å². The lowest BCUT2D eigenvalue weighted by atomic mass is 10.2. The van der Waals surface area contributed by atoms with Crippen molar-refractivity contribution in [1.29, 1.82) is 0 Å². The predicted octanol–water partition coefficient (Wildman–Crippen LogP) is 4.22. The molecule has 1 saturated heterocycles. The Kier molecular flexibility index (Phi) is 3.45. The number of nitrogens with zero attached hydrogens (tertiary/aromatic N) is 2. The highest BCUT2D eigenvalue weighted by Crippen LogP contribution is 2.33. The Labute approximate surface area is 139 Å². The number of likely N-dealkylation sites (tertiary alicyclic amines) is 1. The summed E-state index contributed by atoms with van der Waals surface area (Å²) in [5.74, 6) is 1.02. The van der Waals surface area contributed by atoms with Crippen LogP contribution in [0, 0.1) is 13.8 Å². The summed E-state index contributed by atoms with van der Waals surface area (Å²) < 4.78 is 0. The number of carbonyl (C=O) groups is 1. The topological polar surface area (TPSA) is 49.0 Å². The summed E-state index contributed by atoms with van der Waals surface area (Å²) in [6.45, 7) is 4.91. The molecule has 2 aromatic heterocycles. The molecular weight excluding hydrogens is 306 g/mol. The zero-order valence-corrected chi connectivity index (χ0v) is 14.1. The van der Waals surface area contributed by atoms with Crippen molar-refractivity contribution in [3.05, 3.63) is 51.5 Å². The molecule has 0 radical (unpaired) electrons. The van der Waals surface area contributed by atoms with Crippen molar-refractivity contribution in [2.75, 3.05) is 6.54 Å². The van der Waals surface area contributed by atoms with E-state index in [-0.39, 0.29) is 11.9 Å². The number of benzene rings is 1. The van der Waals surface area contributed by atoms with Crippen molar-refractivity contribution in [3.63, 3.8) is 0 Å². The maximum Gasteiger partial charge on any atom is 0.255 e. The minimum absolute atomic E-state index is 0.0513. The summed E-state index contributed by atoms with van der Waals surface area (Å²) in [4.78, 5) is 24.1. The summed E-state index contributed by atoms with van der Waals surface area (Å²) in [5, 5.41) is 1.95. The normalized spacial score (nSPS) is 18.0. The van der Waals surface area contributed by atoms with E-state index in [9.17, 15) is 4.79 Å². The van der Waals surface area contributed by atoms with Gasteiger partial charge in [-0.3, -0.25) is 4.79 Å². The van der Waals surface area contributed by atoms with E-state index in [4.69, 9.17) is 4.98 Å². The number of fused-ring (bicyclic) bond motifs is 1. The lowest BCUT2D eigenvalue weighted by molar-refractivity contribution is 0.0731. The van der Waals surface area contributed by atoms with Gasteiger partial charge in [0.05, 0.1) is 22.6 Å². The van der Waals surface area contributed by atoms with Crippen LogP contribution >= 0.6 is 11.3 Å². The van der Waals surface area contributed by atoms with Crippen molar-refractivity contribution in [1.82, 2.24) is 14.9 Å². The summed E-state index contributed by atoms with van der Waals surface area (Å²) in [7, 11) is 0. The van der Waals surface area contributed by atoms with Gasteiger partial charge in [-0.1, -0.05) is 6.07 Å². The van der Waals surface area contributed by atoms with Crippen LogP contribution in [0.3, 0.4) is 0 Å². The summed E-state index contributed by atoms with van der Waals surface area (Å²) in [6, 6.07) is 8.24. The molecule has 0 aliphatic carbocycles.